The lowest BCUT2D eigenvalue weighted by atomic mass is 10.4. The summed E-state index contributed by atoms with van der Waals surface area (Å²) in [6.07, 6.45) is 3.04. The Morgan fingerprint density at radius 2 is 2.40 bits per heavy atom. The molecule has 0 saturated heterocycles. The lowest BCUT2D eigenvalue weighted by Crippen LogP contribution is -1.99. The van der Waals surface area contributed by atoms with Gasteiger partial charge < -0.3 is 5.32 Å². The van der Waals surface area contributed by atoms with Crippen molar-refractivity contribution in [3.05, 3.63) is 11.8 Å². The Morgan fingerprint density at radius 3 is 2.80 bits per heavy atom. The number of nitrogens with one attached hydrogen (secondary N) is 1. The fourth-order valence-corrected chi connectivity index (χ4v) is 0.881. The third-order valence-corrected chi connectivity index (χ3v) is 1.28. The van der Waals surface area contributed by atoms with Crippen LogP contribution in [0, 0.1) is 13.1 Å². The molecule has 0 atom stereocenters. The SMILES string of the molecule is CCNc1nn(C)[c]c1C. The summed E-state index contributed by atoms with van der Waals surface area (Å²) in [7, 11) is 1.87. The normalized spacial score (nSPS) is 9.90. The van der Waals surface area contributed by atoms with Crippen LogP contribution >= 0.6 is 0 Å². The zero-order valence-electron chi connectivity index (χ0n) is 6.60. The van der Waals surface area contributed by atoms with E-state index in [1.54, 1.807) is 4.68 Å². The Morgan fingerprint density at radius 1 is 1.70 bits per heavy atom. The highest BCUT2D eigenvalue weighted by molar-refractivity contribution is 5.40. The van der Waals surface area contributed by atoms with Crippen LogP contribution in [0.3, 0.4) is 0 Å². The van der Waals surface area contributed by atoms with Gasteiger partial charge in [-0.3, -0.25) is 4.68 Å². The van der Waals surface area contributed by atoms with Crippen molar-refractivity contribution in [3.63, 3.8) is 0 Å². The van der Waals surface area contributed by atoms with Gasteiger partial charge in [-0.05, 0) is 13.8 Å². The van der Waals surface area contributed by atoms with Crippen LogP contribution in [0.1, 0.15) is 12.5 Å². The minimum absolute atomic E-state index is 0.908. The average Bonchev–Trinajstić information content (AvgIpc) is 2.13. The van der Waals surface area contributed by atoms with Gasteiger partial charge in [0.05, 0.1) is 6.20 Å². The molecule has 1 rings (SSSR count). The predicted molar refractivity (Wildman–Crippen MR) is 40.9 cm³/mol. The predicted octanol–water partition coefficient (Wildman–Crippen LogP) is 0.961. The molecule has 0 aromatic carbocycles. The molecule has 0 aliphatic carbocycles. The molecule has 55 valence electrons. The highest BCUT2D eigenvalue weighted by atomic mass is 15.3. The van der Waals surface area contributed by atoms with Crippen molar-refractivity contribution >= 4 is 5.82 Å². The first kappa shape index (κ1) is 7.12. The number of hydrogen-bond donors (Lipinski definition) is 1. The summed E-state index contributed by atoms with van der Waals surface area (Å²) in [6, 6.07) is 0. The van der Waals surface area contributed by atoms with Gasteiger partial charge >= 0.3 is 0 Å². The van der Waals surface area contributed by atoms with Crippen LogP contribution in [0.15, 0.2) is 0 Å². The third kappa shape index (κ3) is 1.29. The van der Waals surface area contributed by atoms with Gasteiger partial charge in [0.2, 0.25) is 0 Å². The second-order valence-electron chi connectivity index (χ2n) is 2.24. The zero-order valence-corrected chi connectivity index (χ0v) is 6.60. The molecule has 0 aliphatic rings. The molecule has 1 radical (unpaired) electrons. The fraction of sp³-hybridized carbons (Fsp3) is 0.571. The molecule has 0 amide bonds. The summed E-state index contributed by atoms with van der Waals surface area (Å²) in [5.74, 6) is 0.935. The van der Waals surface area contributed by atoms with Gasteiger partial charge in [0.15, 0.2) is 5.82 Å². The third-order valence-electron chi connectivity index (χ3n) is 1.28. The number of hydrogen-bond acceptors (Lipinski definition) is 2. The molecular formula is C7H12N3. The first-order valence-corrected chi connectivity index (χ1v) is 3.41. The van der Waals surface area contributed by atoms with Crippen molar-refractivity contribution in [3.8, 4) is 0 Å². The molecule has 0 bridgehead atoms. The topological polar surface area (TPSA) is 29.9 Å². The van der Waals surface area contributed by atoms with E-state index in [0.717, 1.165) is 17.9 Å². The minimum Gasteiger partial charge on any atom is -0.369 e. The van der Waals surface area contributed by atoms with Gasteiger partial charge in [0, 0.05) is 19.2 Å². The minimum atomic E-state index is 0.908. The molecule has 1 heterocycles. The van der Waals surface area contributed by atoms with Crippen molar-refractivity contribution in [2.75, 3.05) is 11.9 Å². The molecule has 1 aromatic rings. The van der Waals surface area contributed by atoms with Crippen LogP contribution in [0.25, 0.3) is 0 Å². The molecule has 0 spiro atoms. The van der Waals surface area contributed by atoms with Crippen molar-refractivity contribution in [2.45, 2.75) is 13.8 Å². The summed E-state index contributed by atoms with van der Waals surface area (Å²) in [4.78, 5) is 0. The molecule has 3 heteroatoms. The van der Waals surface area contributed by atoms with Gasteiger partial charge in [0.25, 0.3) is 0 Å². The molecule has 10 heavy (non-hydrogen) atoms. The highest BCUT2D eigenvalue weighted by Crippen LogP contribution is 2.08. The maximum atomic E-state index is 4.15. The van der Waals surface area contributed by atoms with E-state index in [9.17, 15) is 0 Å². The second-order valence-corrected chi connectivity index (χ2v) is 2.24. The average molecular weight is 138 g/mol. The maximum Gasteiger partial charge on any atom is 0.151 e. The first-order chi connectivity index (χ1) is 4.74. The Kier molecular flexibility index (Phi) is 1.94. The zero-order chi connectivity index (χ0) is 7.56. The fourth-order valence-electron chi connectivity index (χ4n) is 0.881. The van der Waals surface area contributed by atoms with E-state index in [4.69, 9.17) is 0 Å². The standard InChI is InChI=1S/C7H12N3/c1-4-8-7-6(2)5-10(3)9-7/h4H2,1-3H3,(H,8,9). The molecule has 1 N–H and O–H groups in total. The first-order valence-electron chi connectivity index (χ1n) is 3.41. The van der Waals surface area contributed by atoms with Crippen molar-refractivity contribution in [1.29, 1.82) is 0 Å². The summed E-state index contributed by atoms with van der Waals surface area (Å²) < 4.78 is 1.69. The molecule has 3 nitrogen and oxygen atoms in total. The number of anilines is 1. The van der Waals surface area contributed by atoms with Crippen LogP contribution in [-0.4, -0.2) is 16.3 Å². The molecular weight excluding hydrogens is 126 g/mol. The van der Waals surface area contributed by atoms with Crippen LogP contribution < -0.4 is 5.32 Å². The molecule has 0 saturated carbocycles. The number of aromatic nitrogens is 2. The number of nitrogens with zero attached hydrogens (tertiary/aromatic N) is 2. The van der Waals surface area contributed by atoms with Gasteiger partial charge in [-0.25, -0.2) is 0 Å². The Hall–Kier alpha value is -0.990. The summed E-state index contributed by atoms with van der Waals surface area (Å²) >= 11 is 0. The summed E-state index contributed by atoms with van der Waals surface area (Å²) in [6.45, 7) is 4.95. The summed E-state index contributed by atoms with van der Waals surface area (Å²) in [5.41, 5.74) is 1.07. The lowest BCUT2D eigenvalue weighted by Gasteiger charge is -1.96. The lowest BCUT2D eigenvalue weighted by molar-refractivity contribution is 0.762. The van der Waals surface area contributed by atoms with Gasteiger partial charge in [0.1, 0.15) is 0 Å². The Labute approximate surface area is 61.0 Å². The molecule has 0 fully saturated rings. The van der Waals surface area contributed by atoms with E-state index in [1.807, 2.05) is 20.9 Å². The molecule has 1 aromatic heterocycles. The second kappa shape index (κ2) is 2.73. The number of rotatable bonds is 2. The van der Waals surface area contributed by atoms with Crippen molar-refractivity contribution in [1.82, 2.24) is 9.78 Å². The van der Waals surface area contributed by atoms with Crippen LogP contribution in [-0.2, 0) is 7.05 Å². The van der Waals surface area contributed by atoms with E-state index in [2.05, 4.69) is 16.6 Å². The van der Waals surface area contributed by atoms with E-state index in [0.29, 0.717) is 0 Å². The van der Waals surface area contributed by atoms with E-state index < -0.39 is 0 Å². The molecule has 0 aliphatic heterocycles. The van der Waals surface area contributed by atoms with Gasteiger partial charge in [-0.15, -0.1) is 0 Å². The van der Waals surface area contributed by atoms with Crippen molar-refractivity contribution < 1.29 is 0 Å². The van der Waals surface area contributed by atoms with E-state index in [-0.39, 0.29) is 0 Å². The quantitative estimate of drug-likeness (QED) is 0.659. The smallest absolute Gasteiger partial charge is 0.151 e. The van der Waals surface area contributed by atoms with Crippen molar-refractivity contribution in [2.24, 2.45) is 7.05 Å². The molecule has 0 unspecified atom stereocenters. The van der Waals surface area contributed by atoms with Gasteiger partial charge in [-0.2, -0.15) is 5.10 Å². The van der Waals surface area contributed by atoms with Gasteiger partial charge in [-0.1, -0.05) is 0 Å². The Bertz CT molecular complexity index is 215. The van der Waals surface area contributed by atoms with Crippen LogP contribution in [0.4, 0.5) is 5.82 Å². The van der Waals surface area contributed by atoms with E-state index >= 15 is 0 Å². The van der Waals surface area contributed by atoms with Crippen LogP contribution in [0.2, 0.25) is 0 Å². The summed E-state index contributed by atoms with van der Waals surface area (Å²) in [5, 5.41) is 7.28. The monoisotopic (exact) mass is 138 g/mol. The number of aryl methyl sites for hydroxylation is 2. The van der Waals surface area contributed by atoms with E-state index in [1.165, 1.54) is 0 Å². The highest BCUT2D eigenvalue weighted by Gasteiger charge is 1.99. The Balaban J connectivity index is 2.81. The maximum absolute atomic E-state index is 4.15. The largest absolute Gasteiger partial charge is 0.369 e. The van der Waals surface area contributed by atoms with Crippen LogP contribution in [0.5, 0.6) is 0 Å².